The summed E-state index contributed by atoms with van der Waals surface area (Å²) in [6.45, 7) is 3.12. The molecule has 8 nitrogen and oxygen atoms in total. The van der Waals surface area contributed by atoms with Crippen LogP contribution in [-0.4, -0.2) is 50.0 Å². The van der Waals surface area contributed by atoms with Gasteiger partial charge in [0.05, 0.1) is 13.0 Å². The highest BCUT2D eigenvalue weighted by Crippen LogP contribution is 2.31. The number of rotatable bonds is 4. The molecule has 22 heavy (non-hydrogen) atoms. The molecule has 2 rings (SSSR count). The molecule has 1 saturated heterocycles. The molecule has 0 radical (unpaired) electrons. The van der Waals surface area contributed by atoms with Crippen LogP contribution in [0.4, 0.5) is 0 Å². The first-order valence-corrected chi connectivity index (χ1v) is 8.04. The van der Waals surface area contributed by atoms with E-state index in [0.29, 0.717) is 0 Å². The first-order chi connectivity index (χ1) is 10.2. The highest BCUT2D eigenvalue weighted by molar-refractivity contribution is 7.89. The van der Waals surface area contributed by atoms with Gasteiger partial charge in [0.25, 0.3) is 0 Å². The van der Waals surface area contributed by atoms with Crippen LogP contribution in [0, 0.1) is 18.8 Å². The van der Waals surface area contributed by atoms with Gasteiger partial charge < -0.3 is 14.3 Å². The molecule has 0 saturated carbocycles. The number of carbonyl (C=O) groups excluding carboxylic acids is 1. The summed E-state index contributed by atoms with van der Waals surface area (Å²) in [6.07, 6.45) is 0. The quantitative estimate of drug-likeness (QED) is 0.808. The zero-order valence-corrected chi connectivity index (χ0v) is 13.2. The summed E-state index contributed by atoms with van der Waals surface area (Å²) in [7, 11) is -2.76. The molecule has 0 aromatic carbocycles. The highest BCUT2D eigenvalue weighted by Gasteiger charge is 2.42. The fourth-order valence-corrected chi connectivity index (χ4v) is 4.23. The fraction of sp³-hybridized carbons (Fsp3) is 0.538. The van der Waals surface area contributed by atoms with Crippen molar-refractivity contribution in [2.24, 2.45) is 11.8 Å². The van der Waals surface area contributed by atoms with E-state index in [1.165, 1.54) is 6.92 Å². The molecule has 1 N–H and O–H groups in total. The zero-order valence-electron chi connectivity index (χ0n) is 12.4. The predicted octanol–water partition coefficient (Wildman–Crippen LogP) is 0.716. The molecule has 2 atom stereocenters. The lowest BCUT2D eigenvalue weighted by atomic mass is 9.99. The maximum absolute atomic E-state index is 12.6. The first-order valence-electron chi connectivity index (χ1n) is 6.60. The summed E-state index contributed by atoms with van der Waals surface area (Å²) in [4.78, 5) is 22.4. The summed E-state index contributed by atoms with van der Waals surface area (Å²) < 4.78 is 35.9. The van der Waals surface area contributed by atoms with Crippen LogP contribution < -0.4 is 0 Å². The number of carboxylic acids is 1. The Morgan fingerprint density at radius 2 is 2.05 bits per heavy atom. The lowest BCUT2D eigenvalue weighted by molar-refractivity contribution is -0.142. The molecule has 1 aliphatic heterocycles. The summed E-state index contributed by atoms with van der Waals surface area (Å²) in [5.74, 6) is -2.99. The Bertz CT molecular complexity index is 706. The van der Waals surface area contributed by atoms with Gasteiger partial charge in [-0.3, -0.25) is 4.79 Å². The average molecular weight is 331 g/mol. The Hall–Kier alpha value is -1.87. The molecule has 0 unspecified atom stereocenters. The summed E-state index contributed by atoms with van der Waals surface area (Å²) in [5, 5.41) is 9.10. The molecule has 1 fully saturated rings. The number of aliphatic carboxylic acids is 1. The van der Waals surface area contributed by atoms with Crippen LogP contribution in [0.5, 0.6) is 0 Å². The molecule has 1 aromatic rings. The third kappa shape index (κ3) is 2.73. The second-order valence-electron chi connectivity index (χ2n) is 5.27. The minimum Gasteiger partial charge on any atom is -0.481 e. The molecule has 9 heteroatoms. The molecule has 0 bridgehead atoms. The third-order valence-electron chi connectivity index (χ3n) is 3.77. The van der Waals surface area contributed by atoms with Crippen LogP contribution in [0.25, 0.3) is 0 Å². The number of sulfonamides is 1. The Labute approximate surface area is 127 Å². The normalized spacial score (nSPS) is 22.7. The van der Waals surface area contributed by atoms with Crippen LogP contribution in [0.1, 0.15) is 23.2 Å². The number of ether oxygens (including phenoxy) is 1. The van der Waals surface area contributed by atoms with Crippen molar-refractivity contribution in [2.45, 2.75) is 18.7 Å². The third-order valence-corrected chi connectivity index (χ3v) is 5.71. The van der Waals surface area contributed by atoms with Crippen molar-refractivity contribution < 1.29 is 32.3 Å². The van der Waals surface area contributed by atoms with Gasteiger partial charge in [-0.2, -0.15) is 4.31 Å². The Morgan fingerprint density at radius 3 is 2.55 bits per heavy atom. The van der Waals surface area contributed by atoms with Gasteiger partial charge in [0.15, 0.2) is 0 Å². The van der Waals surface area contributed by atoms with Crippen molar-refractivity contribution in [3.05, 3.63) is 17.6 Å². The van der Waals surface area contributed by atoms with Gasteiger partial charge in [-0.1, -0.05) is 6.92 Å². The first kappa shape index (κ1) is 16.5. The van der Waals surface area contributed by atoms with Crippen molar-refractivity contribution in [1.29, 1.82) is 0 Å². The number of furan rings is 1. The highest BCUT2D eigenvalue weighted by atomic mass is 32.2. The van der Waals surface area contributed by atoms with Crippen molar-refractivity contribution in [3.8, 4) is 0 Å². The average Bonchev–Trinajstić information content (AvgIpc) is 3.02. The minimum atomic E-state index is -3.92. The van der Waals surface area contributed by atoms with Gasteiger partial charge in [0.1, 0.15) is 10.7 Å². The van der Waals surface area contributed by atoms with E-state index >= 15 is 0 Å². The number of aryl methyl sites for hydroxylation is 1. The molecular formula is C13H17NO7S. The van der Waals surface area contributed by atoms with Crippen LogP contribution in [0.3, 0.4) is 0 Å². The fourth-order valence-electron chi connectivity index (χ4n) is 2.50. The standard InChI is InChI=1S/C13H17NO7S/c1-7-5-14(6-9(7)12(15)16)22(18,19)11-4-10(13(17)20-3)21-8(11)2/h4,7,9H,5-6H2,1-3H3,(H,15,16)/t7-,9-/m1/s1. The Kier molecular flexibility index (Phi) is 4.30. The second-order valence-corrected chi connectivity index (χ2v) is 7.17. The van der Waals surface area contributed by atoms with E-state index in [2.05, 4.69) is 4.74 Å². The minimum absolute atomic E-state index is 0.0619. The van der Waals surface area contributed by atoms with Crippen molar-refractivity contribution >= 4 is 22.0 Å². The molecular weight excluding hydrogens is 314 g/mol. The maximum Gasteiger partial charge on any atom is 0.373 e. The topological polar surface area (TPSA) is 114 Å². The van der Waals surface area contributed by atoms with Crippen LogP contribution in [0.15, 0.2) is 15.4 Å². The van der Waals surface area contributed by atoms with E-state index in [1.54, 1.807) is 6.92 Å². The molecule has 1 aliphatic rings. The summed E-state index contributed by atoms with van der Waals surface area (Å²) in [6, 6.07) is 1.11. The number of hydrogen-bond acceptors (Lipinski definition) is 6. The SMILES string of the molecule is COC(=O)c1cc(S(=O)(=O)N2C[C@@H](C)[C@H](C(=O)O)C2)c(C)o1. The monoisotopic (exact) mass is 331 g/mol. The molecule has 1 aromatic heterocycles. The number of carbonyl (C=O) groups is 2. The Balaban J connectivity index is 2.34. The smallest absolute Gasteiger partial charge is 0.373 e. The molecule has 0 spiro atoms. The van der Waals surface area contributed by atoms with E-state index in [0.717, 1.165) is 17.5 Å². The lowest BCUT2D eigenvalue weighted by Gasteiger charge is -2.15. The molecule has 2 heterocycles. The number of hydrogen-bond donors (Lipinski definition) is 1. The molecule has 0 amide bonds. The van der Waals surface area contributed by atoms with Gasteiger partial charge in [-0.05, 0) is 12.8 Å². The number of nitrogens with zero attached hydrogens (tertiary/aromatic N) is 1. The number of carboxylic acid groups (broad SMARTS) is 1. The second kappa shape index (κ2) is 5.73. The van der Waals surface area contributed by atoms with E-state index in [4.69, 9.17) is 9.52 Å². The van der Waals surface area contributed by atoms with Crippen LogP contribution >= 0.6 is 0 Å². The van der Waals surface area contributed by atoms with E-state index < -0.39 is 27.9 Å². The van der Waals surface area contributed by atoms with Gasteiger partial charge >= 0.3 is 11.9 Å². The largest absolute Gasteiger partial charge is 0.481 e. The van der Waals surface area contributed by atoms with E-state index in [9.17, 15) is 18.0 Å². The molecule has 0 aliphatic carbocycles. The summed E-state index contributed by atoms with van der Waals surface area (Å²) >= 11 is 0. The van der Waals surface area contributed by atoms with Gasteiger partial charge in [-0.25, -0.2) is 13.2 Å². The number of esters is 1. The van der Waals surface area contributed by atoms with Crippen LogP contribution in [-0.2, 0) is 19.6 Å². The van der Waals surface area contributed by atoms with Gasteiger partial charge in [0.2, 0.25) is 15.8 Å². The van der Waals surface area contributed by atoms with Gasteiger partial charge in [0, 0.05) is 19.2 Å². The number of methoxy groups -OCH3 is 1. The van der Waals surface area contributed by atoms with Crippen molar-refractivity contribution in [3.63, 3.8) is 0 Å². The van der Waals surface area contributed by atoms with E-state index in [-0.39, 0.29) is 35.4 Å². The Morgan fingerprint density at radius 1 is 1.41 bits per heavy atom. The maximum atomic E-state index is 12.6. The van der Waals surface area contributed by atoms with Crippen molar-refractivity contribution in [2.75, 3.05) is 20.2 Å². The lowest BCUT2D eigenvalue weighted by Crippen LogP contribution is -2.30. The van der Waals surface area contributed by atoms with Crippen LogP contribution in [0.2, 0.25) is 0 Å². The summed E-state index contributed by atoms with van der Waals surface area (Å²) in [5.41, 5.74) is 0. The zero-order chi connectivity index (χ0) is 16.7. The predicted molar refractivity (Wildman–Crippen MR) is 73.8 cm³/mol. The molecule has 122 valence electrons. The van der Waals surface area contributed by atoms with E-state index in [1.807, 2.05) is 0 Å². The van der Waals surface area contributed by atoms with Gasteiger partial charge in [-0.15, -0.1) is 0 Å². The van der Waals surface area contributed by atoms with Crippen molar-refractivity contribution in [1.82, 2.24) is 4.31 Å².